The molecule has 4 aromatic carbocycles. The number of carboxylic acids is 1. The number of nitrogens with two attached hydrogens (primary N) is 1. The number of fused-ring (bicyclic) bond motifs is 3. The van der Waals surface area contributed by atoms with E-state index in [-0.39, 0.29) is 23.6 Å². The minimum atomic E-state index is -5.19. The van der Waals surface area contributed by atoms with Crippen LogP contribution in [0.5, 0.6) is 5.75 Å². The Balaban J connectivity index is 0.00000101. The van der Waals surface area contributed by atoms with Crippen molar-refractivity contribution in [3.8, 4) is 5.75 Å². The number of anilines is 1. The lowest BCUT2D eigenvalue weighted by Gasteiger charge is -2.53. The summed E-state index contributed by atoms with van der Waals surface area (Å²) in [5.74, 6) is -13.2. The van der Waals surface area contributed by atoms with Crippen LogP contribution in [-0.4, -0.2) is 104 Å². The summed E-state index contributed by atoms with van der Waals surface area (Å²) in [5, 5.41) is 73.6. The van der Waals surface area contributed by atoms with E-state index in [4.69, 9.17) is 15.6 Å². The number of hydrogen-bond donors (Lipinski definition) is 7. The number of nitrogens with zero attached hydrogens (tertiary/aromatic N) is 1. The number of aliphatic hydroxyl groups is 4. The van der Waals surface area contributed by atoms with Crippen LogP contribution >= 0.6 is 7.26 Å². The maximum Gasteiger partial charge on any atom is 0.430 e. The molecule has 6 atom stereocenters. The van der Waals surface area contributed by atoms with E-state index in [1.165, 1.54) is 41.0 Å². The first-order chi connectivity index (χ1) is 32.1. The maximum absolute atomic E-state index is 14.3. The highest BCUT2D eigenvalue weighted by Gasteiger charge is 2.68. The maximum atomic E-state index is 14.3. The number of nitrogens with one attached hydrogen (secondary N) is 1. The lowest BCUT2D eigenvalue weighted by Crippen LogP contribution is -2.70. The van der Waals surface area contributed by atoms with Gasteiger partial charge in [-0.05, 0) is 87.3 Å². The topological polar surface area (TPSA) is 251 Å². The van der Waals surface area contributed by atoms with E-state index >= 15 is 0 Å². The number of phenols is 1. The third-order valence-corrected chi connectivity index (χ3v) is 17.6. The Morgan fingerprint density at radius 1 is 0.809 bits per heavy atom. The van der Waals surface area contributed by atoms with Crippen molar-refractivity contribution >= 4 is 64.0 Å². The Bertz CT molecular complexity index is 2530. The van der Waals surface area contributed by atoms with Crippen molar-refractivity contribution in [2.45, 2.75) is 75.3 Å². The number of benzene rings is 4. The predicted molar refractivity (Wildman–Crippen MR) is 248 cm³/mol. The summed E-state index contributed by atoms with van der Waals surface area (Å²) in [7, 11) is 0.983. The van der Waals surface area contributed by atoms with E-state index in [0.717, 1.165) is 31.8 Å². The van der Waals surface area contributed by atoms with Crippen LogP contribution in [0.15, 0.2) is 120 Å². The smallest absolute Gasteiger partial charge is 0.430 e. The summed E-state index contributed by atoms with van der Waals surface area (Å²) < 4.78 is 31.5. The van der Waals surface area contributed by atoms with Gasteiger partial charge in [0, 0.05) is 17.9 Å². The second-order valence-electron chi connectivity index (χ2n) is 17.4. The van der Waals surface area contributed by atoms with Crippen LogP contribution in [0.1, 0.15) is 62.5 Å². The van der Waals surface area contributed by atoms with Crippen LogP contribution in [0.4, 0.5) is 18.9 Å². The first kappa shape index (κ1) is 51.0. The molecule has 0 spiro atoms. The fourth-order valence-electron chi connectivity index (χ4n) is 9.98. The van der Waals surface area contributed by atoms with Gasteiger partial charge in [-0.2, -0.15) is 13.2 Å². The van der Waals surface area contributed by atoms with Gasteiger partial charge in [0.15, 0.2) is 11.4 Å². The van der Waals surface area contributed by atoms with Crippen molar-refractivity contribution in [2.24, 2.45) is 17.6 Å². The lowest BCUT2D eigenvalue weighted by atomic mass is 9.54. The van der Waals surface area contributed by atoms with Gasteiger partial charge in [-0.15, -0.1) is 0 Å². The number of amides is 2. The number of rotatable bonds is 14. The number of unbranched alkanes of at least 4 members (excludes halogenated alkanes) is 4. The van der Waals surface area contributed by atoms with Gasteiger partial charge in [-0.1, -0.05) is 80.4 Å². The summed E-state index contributed by atoms with van der Waals surface area (Å²) >= 11 is 0. The number of likely N-dealkylation sites (N-methyl/N-ethyl adjacent to an activating group) is 1. The number of aromatic hydroxyl groups is 1. The molecule has 68 heavy (non-hydrogen) atoms. The molecule has 7 rings (SSSR count). The van der Waals surface area contributed by atoms with Gasteiger partial charge in [0.1, 0.15) is 52.0 Å². The number of hydrogen-bond acceptors (Lipinski definition) is 12. The molecular formula is C50H53F3N3O11P. The summed E-state index contributed by atoms with van der Waals surface area (Å²) in [4.78, 5) is 63.4. The van der Waals surface area contributed by atoms with Crippen LogP contribution in [-0.2, 0) is 24.0 Å². The van der Waals surface area contributed by atoms with E-state index in [9.17, 15) is 57.9 Å². The Hall–Kier alpha value is -6.39. The highest BCUT2D eigenvalue weighted by Crippen LogP contribution is 2.58. The Morgan fingerprint density at radius 3 is 1.76 bits per heavy atom. The largest absolute Gasteiger partial charge is 0.542 e. The number of aliphatic carboxylic acids is 1. The number of halogens is 3. The molecule has 3 aliphatic rings. The monoisotopic (exact) mass is 959 g/mol. The van der Waals surface area contributed by atoms with Gasteiger partial charge >= 0.3 is 6.18 Å². The predicted octanol–water partition coefficient (Wildman–Crippen LogP) is 4.07. The zero-order valence-corrected chi connectivity index (χ0v) is 38.3. The molecule has 14 nitrogen and oxygen atoms in total. The fraction of sp³-hybridized carbons (Fsp3) is 0.340. The van der Waals surface area contributed by atoms with Crippen molar-refractivity contribution in [2.75, 3.05) is 25.6 Å². The molecular weight excluding hydrogens is 907 g/mol. The van der Waals surface area contributed by atoms with Gasteiger partial charge in [0.05, 0.1) is 35.5 Å². The van der Waals surface area contributed by atoms with E-state index in [1.54, 1.807) is 13.0 Å². The van der Waals surface area contributed by atoms with Crippen molar-refractivity contribution in [3.05, 3.63) is 131 Å². The van der Waals surface area contributed by atoms with Crippen LogP contribution in [0.25, 0.3) is 5.76 Å². The Kier molecular flexibility index (Phi) is 15.3. The van der Waals surface area contributed by atoms with Crippen molar-refractivity contribution in [3.63, 3.8) is 0 Å². The fourth-order valence-corrected chi connectivity index (χ4v) is 14.4. The molecule has 0 heterocycles. The minimum absolute atomic E-state index is 0.0142. The average molecular weight is 960 g/mol. The number of ketones is 2. The highest BCUT2D eigenvalue weighted by atomic mass is 31.2. The second-order valence-corrected chi connectivity index (χ2v) is 21.0. The molecule has 2 amide bonds. The Labute approximate surface area is 391 Å². The highest BCUT2D eigenvalue weighted by molar-refractivity contribution is 7.95. The number of carbonyl (C=O) groups excluding carboxylic acids is 5. The van der Waals surface area contributed by atoms with E-state index in [0.29, 0.717) is 12.0 Å². The van der Waals surface area contributed by atoms with Crippen molar-refractivity contribution in [1.29, 1.82) is 0 Å². The molecule has 0 radical (unpaired) electrons. The summed E-state index contributed by atoms with van der Waals surface area (Å²) in [6.07, 6.45) is -1.36. The number of carbonyl (C=O) groups is 5. The van der Waals surface area contributed by atoms with E-state index in [1.807, 2.05) is 0 Å². The molecule has 1 fully saturated rings. The molecule has 8 N–H and O–H groups in total. The Morgan fingerprint density at radius 2 is 1.29 bits per heavy atom. The number of alkyl halides is 3. The lowest BCUT2D eigenvalue weighted by molar-refractivity contribution is -0.344. The van der Waals surface area contributed by atoms with Gasteiger partial charge in [0.25, 0.3) is 5.91 Å². The van der Waals surface area contributed by atoms with Gasteiger partial charge in [0.2, 0.25) is 11.7 Å². The van der Waals surface area contributed by atoms with Gasteiger partial charge in [-0.25, -0.2) is 0 Å². The molecule has 18 heteroatoms. The van der Waals surface area contributed by atoms with Crippen LogP contribution < -0.4 is 32.1 Å². The molecule has 4 aromatic rings. The molecule has 360 valence electrons. The first-order valence-corrected chi connectivity index (χ1v) is 23.9. The molecule has 1 saturated carbocycles. The van der Waals surface area contributed by atoms with Crippen molar-refractivity contribution in [1.82, 2.24) is 4.90 Å². The zero-order valence-electron chi connectivity index (χ0n) is 37.4. The summed E-state index contributed by atoms with van der Waals surface area (Å²) in [6, 6.07) is 33.9. The summed E-state index contributed by atoms with van der Waals surface area (Å²) in [6.45, 7) is 1.65. The quantitative estimate of drug-likeness (QED) is 0.0409. The first-order valence-electron chi connectivity index (χ1n) is 21.9. The number of primary amides is 1. The molecule has 0 bridgehead atoms. The molecule has 0 unspecified atom stereocenters. The summed E-state index contributed by atoms with van der Waals surface area (Å²) in [5.41, 5.74) is 1.07. The minimum Gasteiger partial charge on any atom is -0.542 e. The number of Topliss-reactive ketones (excluding diaryl/α,β-unsaturated/α-hetero) is 2. The molecule has 0 aromatic heterocycles. The van der Waals surface area contributed by atoms with Crippen LogP contribution in [0.3, 0.4) is 0 Å². The van der Waals surface area contributed by atoms with Gasteiger partial charge < -0.3 is 46.5 Å². The van der Waals surface area contributed by atoms with Crippen molar-refractivity contribution < 1.29 is 67.8 Å². The number of aliphatic hydroxyl groups excluding tert-OH is 3. The molecule has 0 saturated heterocycles. The van der Waals surface area contributed by atoms with E-state index in [2.05, 4.69) is 96.3 Å². The average Bonchev–Trinajstić information content (AvgIpc) is 3.30. The standard InChI is InChI=1S/C48H52N3O9P.C2HF3O2/c1-28-32-25-26-33(41(53)36(32)42(54)37-35(28)43(55)39-40(51(2)3)44(56)38(47(49)59)46(58)48(39,60)45(37)57)50-34(52)24-16-5-4-6-17-27-61(29-18-10-7-11-19-29,30-20-12-8-13-21-30)31-22-14-9-15-23-31;3-2(4,5)1(6)7/h7-15,18-23,25-26,28,35,39-40,43,55,60H,4-6,16-17,24,27H2,1-3H3,(H5-,49,50,52,53,54,56,57,58,59);(H,6,7)/t28-,35+,39+,40-,43-,48-;/m0./s1. The molecule has 3 aliphatic carbocycles. The van der Waals surface area contributed by atoms with Crippen LogP contribution in [0, 0.1) is 11.8 Å². The number of phenolic OH excluding ortho intramolecular Hbond substituents is 1. The number of carboxylic acid groups (broad SMARTS) is 1. The normalized spacial score (nSPS) is 22.4. The second kappa shape index (κ2) is 20.5. The van der Waals surface area contributed by atoms with Crippen LogP contribution in [0.2, 0.25) is 0 Å². The SMILES string of the molecule is C[C@H]1c2ccc(NC(=O)CCCCCCC[P+](c3ccccc3)(c3ccccc3)c3ccccc3)c(O)c2C(O)=C2C(=O)[C@]3(O)C(O)=C(C(N)=O)C(=O)[C@@H](N(C)C)[C@@H]3[C@@H](O)[C@@H]21.O=C([O-])C(F)(F)F. The molecule has 0 aliphatic heterocycles. The third-order valence-electron chi connectivity index (χ3n) is 13.1. The van der Waals surface area contributed by atoms with E-state index < -0.39 is 101 Å². The third kappa shape index (κ3) is 9.40. The van der Waals surface area contributed by atoms with Gasteiger partial charge in [-0.3, -0.25) is 24.1 Å². The zero-order chi connectivity index (χ0) is 49.9.